The lowest BCUT2D eigenvalue weighted by molar-refractivity contribution is 0.240. The molecule has 124 valence electrons. The zero-order valence-electron chi connectivity index (χ0n) is 13.1. The van der Waals surface area contributed by atoms with Gasteiger partial charge in [-0.05, 0) is 17.4 Å². The van der Waals surface area contributed by atoms with Crippen LogP contribution in [0.25, 0.3) is 0 Å². The highest BCUT2D eigenvalue weighted by Gasteiger charge is 2.31. The Labute approximate surface area is 134 Å². The van der Waals surface area contributed by atoms with E-state index in [-0.39, 0.29) is 25.2 Å². The quantitative estimate of drug-likeness (QED) is 0.848. The van der Waals surface area contributed by atoms with Crippen molar-refractivity contribution in [1.82, 2.24) is 0 Å². The van der Waals surface area contributed by atoms with E-state index in [9.17, 15) is 13.9 Å². The number of hydrogen-bond donors (Lipinski definition) is 2. The second kappa shape index (κ2) is 6.96. The van der Waals surface area contributed by atoms with Gasteiger partial charge in [-0.25, -0.2) is 8.78 Å². The van der Waals surface area contributed by atoms with Crippen LogP contribution in [0.4, 0.5) is 8.78 Å². The average Bonchev–Trinajstić information content (AvgIpc) is 2.47. The Morgan fingerprint density at radius 2 is 1.78 bits per heavy atom. The minimum absolute atomic E-state index is 0.0132. The maximum atomic E-state index is 14.7. The van der Waals surface area contributed by atoms with E-state index in [1.165, 1.54) is 0 Å². The minimum atomic E-state index is -0.959. The van der Waals surface area contributed by atoms with E-state index in [2.05, 4.69) is 0 Å². The van der Waals surface area contributed by atoms with Gasteiger partial charge in [0.25, 0.3) is 0 Å². The van der Waals surface area contributed by atoms with Gasteiger partial charge in [0.15, 0.2) is 17.4 Å². The lowest BCUT2D eigenvalue weighted by atomic mass is 9.80. The highest BCUT2D eigenvalue weighted by molar-refractivity contribution is 5.46. The number of phenolic OH excluding ortho intramolecular Hbond substituents is 1. The number of phenols is 1. The molecule has 0 saturated carbocycles. The van der Waals surface area contributed by atoms with Gasteiger partial charge in [0.2, 0.25) is 0 Å². The van der Waals surface area contributed by atoms with Gasteiger partial charge in [-0.15, -0.1) is 0 Å². The number of aliphatic hydroxyl groups is 1. The molecule has 0 radical (unpaired) electrons. The summed E-state index contributed by atoms with van der Waals surface area (Å²) in [7, 11) is 0. The zero-order chi connectivity index (χ0) is 17.0. The average molecular weight is 322 g/mol. The highest BCUT2D eigenvalue weighted by Crippen LogP contribution is 2.40. The number of rotatable bonds is 6. The first-order chi connectivity index (χ1) is 10.9. The van der Waals surface area contributed by atoms with E-state index < -0.39 is 28.5 Å². The predicted molar refractivity (Wildman–Crippen MR) is 83.5 cm³/mol. The Kier molecular flexibility index (Phi) is 5.21. The van der Waals surface area contributed by atoms with E-state index in [1.54, 1.807) is 38.1 Å². The van der Waals surface area contributed by atoms with Crippen molar-refractivity contribution in [3.05, 3.63) is 59.2 Å². The number of benzene rings is 2. The molecule has 23 heavy (non-hydrogen) atoms. The predicted octanol–water partition coefficient (Wildman–Crippen LogP) is 3.91. The summed E-state index contributed by atoms with van der Waals surface area (Å²) in [6, 6.07) is 9.86. The van der Waals surface area contributed by atoms with Crippen LogP contribution >= 0.6 is 0 Å². The molecule has 0 bridgehead atoms. The normalized spacial score (nSPS) is 11.5. The fraction of sp³-hybridized carbons (Fsp3) is 0.333. The molecule has 0 aliphatic rings. The molecule has 0 aliphatic carbocycles. The summed E-state index contributed by atoms with van der Waals surface area (Å²) in [5, 5.41) is 19.0. The van der Waals surface area contributed by atoms with Crippen molar-refractivity contribution < 1.29 is 23.7 Å². The summed E-state index contributed by atoms with van der Waals surface area (Å²) >= 11 is 0. The molecule has 5 heteroatoms. The van der Waals surface area contributed by atoms with Crippen LogP contribution in [0.15, 0.2) is 36.4 Å². The molecule has 0 amide bonds. The third-order valence-electron chi connectivity index (χ3n) is 3.79. The molecule has 2 aromatic rings. The maximum Gasteiger partial charge on any atom is 0.191 e. The fourth-order valence-corrected chi connectivity index (χ4v) is 2.50. The summed E-state index contributed by atoms with van der Waals surface area (Å²) in [6.07, 6.45) is 0.223. The summed E-state index contributed by atoms with van der Waals surface area (Å²) in [5.41, 5.74) is -0.145. The minimum Gasteiger partial charge on any atom is -0.507 e. The molecule has 2 aromatic carbocycles. The fourth-order valence-electron chi connectivity index (χ4n) is 2.50. The largest absolute Gasteiger partial charge is 0.507 e. The second-order valence-electron chi connectivity index (χ2n) is 6.03. The monoisotopic (exact) mass is 322 g/mol. The van der Waals surface area contributed by atoms with E-state index in [0.717, 1.165) is 11.6 Å². The van der Waals surface area contributed by atoms with Crippen LogP contribution in [-0.4, -0.2) is 16.8 Å². The Morgan fingerprint density at radius 3 is 2.39 bits per heavy atom. The lowest BCUT2D eigenvalue weighted by Crippen LogP contribution is -2.21. The van der Waals surface area contributed by atoms with Crippen LogP contribution in [0.1, 0.15) is 31.4 Å². The third kappa shape index (κ3) is 3.79. The Balaban J connectivity index is 2.36. The summed E-state index contributed by atoms with van der Waals surface area (Å²) in [6.45, 7) is 3.17. The van der Waals surface area contributed by atoms with Crippen LogP contribution in [0.3, 0.4) is 0 Å². The van der Waals surface area contributed by atoms with E-state index in [0.29, 0.717) is 0 Å². The first-order valence-electron chi connectivity index (χ1n) is 7.36. The highest BCUT2D eigenvalue weighted by atomic mass is 19.1. The van der Waals surface area contributed by atoms with Crippen LogP contribution in [0.2, 0.25) is 0 Å². The van der Waals surface area contributed by atoms with Crippen molar-refractivity contribution in [1.29, 1.82) is 0 Å². The van der Waals surface area contributed by atoms with Crippen LogP contribution in [0.5, 0.6) is 11.5 Å². The molecule has 0 heterocycles. The van der Waals surface area contributed by atoms with Crippen molar-refractivity contribution in [3.8, 4) is 11.5 Å². The molecule has 0 fully saturated rings. The number of aromatic hydroxyl groups is 1. The van der Waals surface area contributed by atoms with Crippen LogP contribution in [0, 0.1) is 11.6 Å². The molecule has 0 spiro atoms. The SMILES string of the molecule is CC(C)(CCO)c1c(O)cc(F)c(OCc2ccccc2)c1F. The summed E-state index contributed by atoms with van der Waals surface area (Å²) in [5.74, 6) is -2.89. The zero-order valence-corrected chi connectivity index (χ0v) is 13.1. The molecule has 0 unspecified atom stereocenters. The van der Waals surface area contributed by atoms with Gasteiger partial charge in [-0.3, -0.25) is 0 Å². The molecular weight excluding hydrogens is 302 g/mol. The van der Waals surface area contributed by atoms with E-state index in [1.807, 2.05) is 6.07 Å². The van der Waals surface area contributed by atoms with Gasteiger partial charge in [0.05, 0.1) is 0 Å². The Hall–Kier alpha value is -2.14. The molecule has 2 rings (SSSR count). The van der Waals surface area contributed by atoms with Gasteiger partial charge < -0.3 is 14.9 Å². The molecule has 3 nitrogen and oxygen atoms in total. The molecule has 0 aromatic heterocycles. The third-order valence-corrected chi connectivity index (χ3v) is 3.79. The van der Waals surface area contributed by atoms with Gasteiger partial charge in [-0.2, -0.15) is 0 Å². The topological polar surface area (TPSA) is 49.7 Å². The van der Waals surface area contributed by atoms with Crippen molar-refractivity contribution in [2.75, 3.05) is 6.61 Å². The smallest absolute Gasteiger partial charge is 0.191 e. The van der Waals surface area contributed by atoms with Crippen molar-refractivity contribution in [2.24, 2.45) is 0 Å². The second-order valence-corrected chi connectivity index (χ2v) is 6.03. The first kappa shape index (κ1) is 17.2. The maximum absolute atomic E-state index is 14.7. The van der Waals surface area contributed by atoms with Crippen molar-refractivity contribution in [2.45, 2.75) is 32.3 Å². The van der Waals surface area contributed by atoms with Crippen molar-refractivity contribution >= 4 is 0 Å². The van der Waals surface area contributed by atoms with Gasteiger partial charge in [0, 0.05) is 18.2 Å². The summed E-state index contributed by atoms with van der Waals surface area (Å²) < 4.78 is 34.0. The first-order valence-corrected chi connectivity index (χ1v) is 7.36. The van der Waals surface area contributed by atoms with Gasteiger partial charge in [-0.1, -0.05) is 44.2 Å². The van der Waals surface area contributed by atoms with Gasteiger partial charge in [0.1, 0.15) is 12.4 Å². The van der Waals surface area contributed by atoms with Crippen molar-refractivity contribution in [3.63, 3.8) is 0 Å². The van der Waals surface area contributed by atoms with Gasteiger partial charge >= 0.3 is 0 Å². The molecule has 0 atom stereocenters. The number of aliphatic hydroxyl groups excluding tert-OH is 1. The number of halogens is 2. The van der Waals surface area contributed by atoms with E-state index >= 15 is 0 Å². The Bertz CT molecular complexity index is 670. The standard InChI is InChI=1S/C18H20F2O3/c1-18(2,8-9-21)15-14(22)10-13(19)17(16(15)20)23-11-12-6-4-3-5-7-12/h3-7,10,21-22H,8-9,11H2,1-2H3. The molecule has 0 aliphatic heterocycles. The van der Waals surface area contributed by atoms with Crippen LogP contribution in [-0.2, 0) is 12.0 Å². The van der Waals surface area contributed by atoms with E-state index in [4.69, 9.17) is 9.84 Å². The van der Waals surface area contributed by atoms with Crippen LogP contribution < -0.4 is 4.74 Å². The number of ether oxygens (including phenoxy) is 1. The summed E-state index contributed by atoms with van der Waals surface area (Å²) in [4.78, 5) is 0. The molecule has 2 N–H and O–H groups in total. The molecular formula is C18H20F2O3. The Morgan fingerprint density at radius 1 is 1.13 bits per heavy atom. The number of hydrogen-bond acceptors (Lipinski definition) is 3. The molecule has 0 saturated heterocycles. The lowest BCUT2D eigenvalue weighted by Gasteiger charge is -2.26.